The van der Waals surface area contributed by atoms with E-state index in [0.29, 0.717) is 91.3 Å². The average molecular weight is 1390 g/mol. The summed E-state index contributed by atoms with van der Waals surface area (Å²) in [6, 6.07) is 43.1. The van der Waals surface area contributed by atoms with Crippen LogP contribution in [0.15, 0.2) is 163 Å². The molecule has 0 amide bonds. The van der Waals surface area contributed by atoms with Gasteiger partial charge in [0.2, 0.25) is 12.0 Å². The standard InChI is InChI=1S/C76H74ClFN4O14S2/c1-7-89-76(83)67(40-54-39-65(95-68-12-8-9-35-91-68)47(3)37-66(54)92-42-56-33-34-79-73(82-56)64-11-10-36-90-64)96-74-70-69(72(97-75(70)81-45-80-74)51-17-23-55(78)24-18-51)61-31-32-63(71(77)48(61)4)94-59(44-93-98(84,85)60-29-13-46(2)14-30-60)43-88-41-53-16-15-52(49-19-25-57(86-5)26-20-49)38-62(53)50-21-27-58(87-6)28-22-50/h13-34,37-39,45,59,64,67-68H,7-12,35-36,40-44H2,1-6H3/t59-,64+,67?,68?/m1/s1. The summed E-state index contributed by atoms with van der Waals surface area (Å²) < 4.78 is 110. The Labute approximate surface area is 578 Å². The fourth-order valence-electron chi connectivity index (χ4n) is 11.7. The molecule has 10 aromatic rings. The Kier molecular flexibility index (Phi) is 22.2. The maximum atomic E-state index is 14.8. The molecule has 0 N–H and O–H groups in total. The van der Waals surface area contributed by atoms with Crippen LogP contribution in [-0.4, -0.2) is 100 Å². The first-order valence-corrected chi connectivity index (χ1v) is 35.0. The fraction of sp³-hybridized carbons (Fsp3) is 0.303. The van der Waals surface area contributed by atoms with Crippen LogP contribution in [0.1, 0.15) is 84.5 Å². The monoisotopic (exact) mass is 1380 g/mol. The van der Waals surface area contributed by atoms with Crippen molar-refractivity contribution in [3.05, 3.63) is 208 Å². The number of carbonyl (C=O) groups is 1. The normalized spacial score (nSPS) is 15.3. The second kappa shape index (κ2) is 31.6. The van der Waals surface area contributed by atoms with Gasteiger partial charge in [-0.2, -0.15) is 8.42 Å². The van der Waals surface area contributed by atoms with Crippen LogP contribution in [-0.2, 0) is 57.7 Å². The highest BCUT2D eigenvalue weighted by Gasteiger charge is 2.32. The summed E-state index contributed by atoms with van der Waals surface area (Å²) in [5.41, 5.74) is 9.78. The van der Waals surface area contributed by atoms with Gasteiger partial charge < -0.3 is 47.4 Å². The van der Waals surface area contributed by atoms with Gasteiger partial charge in [0.25, 0.3) is 10.1 Å². The van der Waals surface area contributed by atoms with Gasteiger partial charge >= 0.3 is 5.97 Å². The number of aromatic nitrogens is 4. The molecular formula is C76H74ClFN4O14S2. The zero-order valence-corrected chi connectivity index (χ0v) is 57.5. The summed E-state index contributed by atoms with van der Waals surface area (Å²) in [6.45, 7) is 8.12. The van der Waals surface area contributed by atoms with E-state index >= 15 is 0 Å². The Morgan fingerprint density at radius 3 is 2.15 bits per heavy atom. The molecule has 2 fully saturated rings. The minimum absolute atomic E-state index is 0.0281. The van der Waals surface area contributed by atoms with Gasteiger partial charge in [0.15, 0.2) is 12.1 Å². The van der Waals surface area contributed by atoms with Gasteiger partial charge in [-0.1, -0.05) is 83.9 Å². The van der Waals surface area contributed by atoms with E-state index in [0.717, 1.165) is 70.4 Å². The molecule has 2 unspecified atom stereocenters. The Morgan fingerprint density at radius 2 is 1.44 bits per heavy atom. The highest BCUT2D eigenvalue weighted by Crippen LogP contribution is 2.50. The largest absolute Gasteiger partial charge is 0.497 e. The lowest BCUT2D eigenvalue weighted by Gasteiger charge is -2.25. The summed E-state index contributed by atoms with van der Waals surface area (Å²) in [5.74, 6) is 2.15. The third-order valence-corrected chi connectivity index (χ3v) is 19.9. The van der Waals surface area contributed by atoms with Crippen LogP contribution in [0.2, 0.25) is 5.02 Å². The number of nitrogens with zero attached hydrogens (tertiary/aromatic N) is 4. The minimum atomic E-state index is -4.29. The van der Waals surface area contributed by atoms with Crippen LogP contribution in [0.3, 0.4) is 0 Å². The number of fused-ring (bicyclic) bond motifs is 1. The first-order chi connectivity index (χ1) is 47.6. The van der Waals surface area contributed by atoms with E-state index in [1.807, 2.05) is 99.6 Å². The number of rotatable bonds is 28. The van der Waals surface area contributed by atoms with E-state index in [1.165, 1.54) is 41.9 Å². The van der Waals surface area contributed by atoms with Crippen molar-refractivity contribution in [1.29, 1.82) is 0 Å². The number of thiophene rings is 1. The van der Waals surface area contributed by atoms with E-state index in [9.17, 15) is 17.6 Å². The number of carbonyl (C=O) groups excluding carboxylic acids is 1. The lowest BCUT2D eigenvalue weighted by Crippen LogP contribution is -2.32. The third kappa shape index (κ3) is 16.4. The lowest BCUT2D eigenvalue weighted by molar-refractivity contribution is -0.151. The van der Waals surface area contributed by atoms with Crippen molar-refractivity contribution < 1.29 is 69.2 Å². The number of ether oxygens (including phenoxy) is 10. The summed E-state index contributed by atoms with van der Waals surface area (Å²) in [5, 5.41) is 0.599. The molecule has 7 aromatic carbocycles. The number of aryl methyl sites for hydroxylation is 2. The van der Waals surface area contributed by atoms with Crippen LogP contribution in [0.4, 0.5) is 4.39 Å². The predicted molar refractivity (Wildman–Crippen MR) is 371 cm³/mol. The lowest BCUT2D eigenvalue weighted by atomic mass is 9.94. The fourth-order valence-corrected chi connectivity index (χ4v) is 14.0. The quantitative estimate of drug-likeness (QED) is 0.0330. The van der Waals surface area contributed by atoms with Gasteiger partial charge in [-0.25, -0.2) is 29.1 Å². The maximum absolute atomic E-state index is 14.8. The predicted octanol–water partition coefficient (Wildman–Crippen LogP) is 16.1. The van der Waals surface area contributed by atoms with Gasteiger partial charge in [0, 0.05) is 41.6 Å². The van der Waals surface area contributed by atoms with Gasteiger partial charge in [0.05, 0.1) is 61.6 Å². The molecule has 0 saturated carbocycles. The molecule has 3 aromatic heterocycles. The van der Waals surface area contributed by atoms with Gasteiger partial charge in [0.1, 0.15) is 71.1 Å². The van der Waals surface area contributed by atoms with Crippen molar-refractivity contribution in [2.75, 3.05) is 47.3 Å². The van der Waals surface area contributed by atoms with Gasteiger partial charge in [-0.15, -0.1) is 11.3 Å². The molecule has 0 aliphatic carbocycles. The smallest absolute Gasteiger partial charge is 0.347 e. The van der Waals surface area contributed by atoms with E-state index in [4.69, 9.17) is 78.1 Å². The van der Waals surface area contributed by atoms with Crippen LogP contribution in [0.5, 0.6) is 34.6 Å². The number of hydrogen-bond donors (Lipinski definition) is 0. The zero-order valence-electron chi connectivity index (χ0n) is 55.1. The first-order valence-electron chi connectivity index (χ1n) is 32.4. The van der Waals surface area contributed by atoms with E-state index in [1.54, 1.807) is 63.7 Å². The molecule has 98 heavy (non-hydrogen) atoms. The number of esters is 1. The Balaban J connectivity index is 0.881. The van der Waals surface area contributed by atoms with Crippen molar-refractivity contribution in [2.45, 2.75) is 109 Å². The highest BCUT2D eigenvalue weighted by molar-refractivity contribution is 7.86. The van der Waals surface area contributed by atoms with Crippen LogP contribution in [0, 0.1) is 26.6 Å². The number of methoxy groups -OCH3 is 2. The SMILES string of the molecule is CCOC(=O)C(Cc1cc(OC2CCCCO2)c(C)cc1OCc1ccnc([C@@H]2CCCO2)n1)Oc1ncnc2sc(-c3ccc(F)cc3)c(-c3ccc(O[C@H](COCc4ccc(-c5ccc(OC)cc5)cc4-c4ccc(OC)cc4)COS(=O)(=O)c4ccc(C)cc4)c(Cl)c3C)c12. The molecule has 0 spiro atoms. The molecule has 508 valence electrons. The van der Waals surface area contributed by atoms with Crippen molar-refractivity contribution >= 4 is 49.2 Å². The molecular weight excluding hydrogens is 1310 g/mol. The summed E-state index contributed by atoms with van der Waals surface area (Å²) in [7, 11) is -1.04. The number of hydrogen-bond acceptors (Lipinski definition) is 19. The van der Waals surface area contributed by atoms with Crippen molar-refractivity contribution in [3.8, 4) is 78.4 Å². The molecule has 2 saturated heterocycles. The van der Waals surface area contributed by atoms with Gasteiger partial charge in [-0.05, 0) is 182 Å². The molecule has 22 heteroatoms. The first kappa shape index (κ1) is 68.9. The molecule has 4 atom stereocenters. The molecule has 0 bridgehead atoms. The average Bonchev–Trinajstić information content (AvgIpc) is 1.59. The van der Waals surface area contributed by atoms with E-state index in [-0.39, 0.29) is 60.5 Å². The van der Waals surface area contributed by atoms with Crippen LogP contribution >= 0.6 is 22.9 Å². The maximum Gasteiger partial charge on any atom is 0.347 e. The summed E-state index contributed by atoms with van der Waals surface area (Å²) in [4.78, 5) is 34.4. The van der Waals surface area contributed by atoms with Crippen molar-refractivity contribution in [2.24, 2.45) is 0 Å². The third-order valence-electron chi connectivity index (χ3n) is 17.0. The van der Waals surface area contributed by atoms with E-state index in [2.05, 4.69) is 11.1 Å². The zero-order chi connectivity index (χ0) is 68.3. The second-order valence-electron chi connectivity index (χ2n) is 23.8. The molecule has 2 aliphatic rings. The Morgan fingerprint density at radius 1 is 0.704 bits per heavy atom. The number of halogens is 2. The van der Waals surface area contributed by atoms with Crippen LogP contribution < -0.4 is 28.4 Å². The summed E-state index contributed by atoms with van der Waals surface area (Å²) >= 11 is 8.81. The Hall–Kier alpha value is -9.06. The molecule has 12 rings (SSSR count). The van der Waals surface area contributed by atoms with Crippen LogP contribution in [0.25, 0.3) is 54.0 Å². The molecule has 2 aliphatic heterocycles. The van der Waals surface area contributed by atoms with Crippen molar-refractivity contribution in [1.82, 2.24) is 19.9 Å². The Bertz CT molecular complexity index is 4530. The van der Waals surface area contributed by atoms with Gasteiger partial charge in [-0.3, -0.25) is 4.18 Å². The van der Waals surface area contributed by atoms with Crippen molar-refractivity contribution in [3.63, 3.8) is 0 Å². The molecule has 0 radical (unpaired) electrons. The second-order valence-corrected chi connectivity index (χ2v) is 26.7. The van der Waals surface area contributed by atoms with E-state index < -0.39 is 47.0 Å². The highest BCUT2D eigenvalue weighted by atomic mass is 35.5. The number of benzene rings is 7. The molecule has 5 heterocycles. The summed E-state index contributed by atoms with van der Waals surface area (Å²) in [6.07, 6.45) is 4.27. The minimum Gasteiger partial charge on any atom is -0.497 e. The topological polar surface area (TPSA) is 204 Å². The molecule has 18 nitrogen and oxygen atoms in total.